The molecule has 0 saturated carbocycles. The predicted octanol–water partition coefficient (Wildman–Crippen LogP) is 4.45. The number of rotatable bonds is 5. The SMILES string of the molecule is CC[C@H](N)c1ccc(Oc2cc([N+](=O)[O-])ccc2Cl)cc1. The van der Waals surface area contributed by atoms with E-state index in [0.29, 0.717) is 10.8 Å². The maximum atomic E-state index is 10.8. The molecule has 0 amide bonds. The van der Waals surface area contributed by atoms with Crippen molar-refractivity contribution in [2.75, 3.05) is 0 Å². The summed E-state index contributed by atoms with van der Waals surface area (Å²) in [4.78, 5) is 10.3. The van der Waals surface area contributed by atoms with Gasteiger partial charge in [-0.2, -0.15) is 0 Å². The van der Waals surface area contributed by atoms with E-state index >= 15 is 0 Å². The fraction of sp³-hybridized carbons (Fsp3) is 0.200. The second-order valence-corrected chi connectivity index (χ2v) is 4.96. The molecule has 2 aromatic rings. The number of non-ortho nitro benzene ring substituents is 1. The van der Waals surface area contributed by atoms with E-state index in [1.807, 2.05) is 19.1 Å². The van der Waals surface area contributed by atoms with Gasteiger partial charge >= 0.3 is 0 Å². The van der Waals surface area contributed by atoms with Gasteiger partial charge in [-0.25, -0.2) is 0 Å². The third-order valence-corrected chi connectivity index (χ3v) is 3.41. The molecule has 0 heterocycles. The molecular formula is C15H15ClN2O3. The van der Waals surface area contributed by atoms with Gasteiger partial charge in [0.1, 0.15) is 5.75 Å². The lowest BCUT2D eigenvalue weighted by Crippen LogP contribution is -2.08. The van der Waals surface area contributed by atoms with Crippen molar-refractivity contribution in [1.29, 1.82) is 0 Å². The van der Waals surface area contributed by atoms with Crippen LogP contribution in [0.5, 0.6) is 11.5 Å². The van der Waals surface area contributed by atoms with Crippen molar-refractivity contribution in [3.63, 3.8) is 0 Å². The first-order valence-electron chi connectivity index (χ1n) is 6.48. The highest BCUT2D eigenvalue weighted by Crippen LogP contribution is 2.33. The van der Waals surface area contributed by atoms with Gasteiger partial charge in [-0.1, -0.05) is 30.7 Å². The second-order valence-electron chi connectivity index (χ2n) is 4.56. The topological polar surface area (TPSA) is 78.4 Å². The molecule has 0 aromatic heterocycles. The van der Waals surface area contributed by atoms with Crippen LogP contribution in [0.1, 0.15) is 24.9 Å². The predicted molar refractivity (Wildman–Crippen MR) is 81.8 cm³/mol. The molecule has 6 heteroatoms. The Morgan fingerprint density at radius 3 is 2.52 bits per heavy atom. The van der Waals surface area contributed by atoms with Gasteiger partial charge in [-0.3, -0.25) is 10.1 Å². The molecule has 110 valence electrons. The maximum absolute atomic E-state index is 10.8. The number of nitro groups is 1. The highest BCUT2D eigenvalue weighted by molar-refractivity contribution is 6.32. The second kappa shape index (κ2) is 6.56. The van der Waals surface area contributed by atoms with Crippen molar-refractivity contribution in [2.24, 2.45) is 5.73 Å². The monoisotopic (exact) mass is 306 g/mol. The average Bonchev–Trinajstić information content (AvgIpc) is 2.49. The van der Waals surface area contributed by atoms with Gasteiger partial charge in [0, 0.05) is 12.1 Å². The van der Waals surface area contributed by atoms with Crippen LogP contribution in [0.15, 0.2) is 42.5 Å². The Morgan fingerprint density at radius 1 is 1.29 bits per heavy atom. The van der Waals surface area contributed by atoms with E-state index in [1.165, 1.54) is 18.2 Å². The summed E-state index contributed by atoms with van der Waals surface area (Å²) in [5, 5.41) is 11.1. The Kier molecular flexibility index (Phi) is 4.77. The van der Waals surface area contributed by atoms with Crippen LogP contribution >= 0.6 is 11.6 Å². The number of nitro benzene ring substituents is 1. The lowest BCUT2D eigenvalue weighted by Gasteiger charge is -2.11. The van der Waals surface area contributed by atoms with Gasteiger partial charge in [0.05, 0.1) is 16.0 Å². The lowest BCUT2D eigenvalue weighted by atomic mass is 10.1. The normalized spacial score (nSPS) is 12.0. The van der Waals surface area contributed by atoms with Crippen molar-refractivity contribution in [3.05, 3.63) is 63.2 Å². The largest absolute Gasteiger partial charge is 0.456 e. The third kappa shape index (κ3) is 3.71. The molecule has 0 aliphatic carbocycles. The Labute approximate surface area is 127 Å². The number of hydrogen-bond donors (Lipinski definition) is 1. The molecule has 0 aliphatic rings. The molecule has 0 bridgehead atoms. The van der Waals surface area contributed by atoms with E-state index in [2.05, 4.69) is 0 Å². The molecule has 5 nitrogen and oxygen atoms in total. The van der Waals surface area contributed by atoms with Crippen LogP contribution in [-0.2, 0) is 0 Å². The van der Waals surface area contributed by atoms with E-state index < -0.39 is 4.92 Å². The first kappa shape index (κ1) is 15.3. The number of nitrogens with zero attached hydrogens (tertiary/aromatic N) is 1. The fourth-order valence-corrected chi connectivity index (χ4v) is 1.99. The van der Waals surface area contributed by atoms with Crippen molar-refractivity contribution >= 4 is 17.3 Å². The Hall–Kier alpha value is -2.11. The van der Waals surface area contributed by atoms with Crippen molar-refractivity contribution < 1.29 is 9.66 Å². The number of hydrogen-bond acceptors (Lipinski definition) is 4. The van der Waals surface area contributed by atoms with Crippen molar-refractivity contribution in [2.45, 2.75) is 19.4 Å². The molecule has 0 unspecified atom stereocenters. The summed E-state index contributed by atoms with van der Waals surface area (Å²) in [6, 6.07) is 11.3. The Bertz CT molecular complexity index is 644. The molecule has 1 atom stereocenters. The van der Waals surface area contributed by atoms with Crippen LogP contribution in [0, 0.1) is 10.1 Å². The summed E-state index contributed by atoms with van der Waals surface area (Å²) in [6.45, 7) is 2.01. The minimum absolute atomic E-state index is 0.0135. The Morgan fingerprint density at radius 2 is 1.95 bits per heavy atom. The summed E-state index contributed by atoms with van der Waals surface area (Å²) >= 11 is 5.99. The van der Waals surface area contributed by atoms with E-state index in [1.54, 1.807) is 12.1 Å². The zero-order valence-corrected chi connectivity index (χ0v) is 12.2. The number of nitrogens with two attached hydrogens (primary N) is 1. The maximum Gasteiger partial charge on any atom is 0.273 e. The van der Waals surface area contributed by atoms with Crippen LogP contribution in [0.3, 0.4) is 0 Å². The zero-order valence-electron chi connectivity index (χ0n) is 11.5. The van der Waals surface area contributed by atoms with E-state index in [4.69, 9.17) is 22.1 Å². The molecule has 0 aliphatic heterocycles. The molecule has 2 rings (SSSR count). The summed E-state index contributed by atoms with van der Waals surface area (Å²) in [6.07, 6.45) is 0.844. The van der Waals surface area contributed by atoms with E-state index in [0.717, 1.165) is 12.0 Å². The lowest BCUT2D eigenvalue weighted by molar-refractivity contribution is -0.384. The summed E-state index contributed by atoms with van der Waals surface area (Å²) in [7, 11) is 0. The van der Waals surface area contributed by atoms with Crippen molar-refractivity contribution in [1.82, 2.24) is 0 Å². The summed E-state index contributed by atoms with van der Waals surface area (Å²) in [5.74, 6) is 0.794. The summed E-state index contributed by atoms with van der Waals surface area (Å²) < 4.78 is 5.59. The zero-order chi connectivity index (χ0) is 15.4. The average molecular weight is 307 g/mol. The highest BCUT2D eigenvalue weighted by atomic mass is 35.5. The molecule has 2 aromatic carbocycles. The number of halogens is 1. The van der Waals surface area contributed by atoms with Gasteiger partial charge in [0.2, 0.25) is 0 Å². The fourth-order valence-electron chi connectivity index (χ4n) is 1.83. The van der Waals surface area contributed by atoms with E-state index in [9.17, 15) is 10.1 Å². The molecule has 21 heavy (non-hydrogen) atoms. The molecule has 2 N–H and O–H groups in total. The van der Waals surface area contributed by atoms with Crippen LogP contribution in [0.4, 0.5) is 5.69 Å². The van der Waals surface area contributed by atoms with Gasteiger partial charge in [-0.05, 0) is 30.2 Å². The Balaban J connectivity index is 2.22. The number of ether oxygens (including phenoxy) is 1. The molecule has 0 radical (unpaired) electrons. The molecule has 0 spiro atoms. The minimum atomic E-state index is -0.493. The molecular weight excluding hydrogens is 292 g/mol. The van der Waals surface area contributed by atoms with Gasteiger partial charge < -0.3 is 10.5 Å². The van der Waals surface area contributed by atoms with Crippen LogP contribution < -0.4 is 10.5 Å². The standard InChI is InChI=1S/C15H15ClN2O3/c1-2-14(17)10-3-6-12(7-4-10)21-15-9-11(18(19)20)5-8-13(15)16/h3-9,14H,2,17H2,1H3/t14-/m0/s1. The number of benzene rings is 2. The van der Waals surface area contributed by atoms with Gasteiger partial charge in [-0.15, -0.1) is 0 Å². The first-order valence-corrected chi connectivity index (χ1v) is 6.86. The minimum Gasteiger partial charge on any atom is -0.456 e. The summed E-state index contributed by atoms with van der Waals surface area (Å²) in [5.41, 5.74) is 6.88. The molecule has 0 saturated heterocycles. The highest BCUT2D eigenvalue weighted by Gasteiger charge is 2.12. The van der Waals surface area contributed by atoms with Crippen LogP contribution in [0.25, 0.3) is 0 Å². The van der Waals surface area contributed by atoms with Gasteiger partial charge in [0.25, 0.3) is 5.69 Å². The third-order valence-electron chi connectivity index (χ3n) is 3.10. The van der Waals surface area contributed by atoms with Crippen molar-refractivity contribution in [3.8, 4) is 11.5 Å². The first-order chi connectivity index (χ1) is 10.0. The van der Waals surface area contributed by atoms with Crippen LogP contribution in [0.2, 0.25) is 5.02 Å². The quantitative estimate of drug-likeness (QED) is 0.654. The molecule has 0 fully saturated rings. The van der Waals surface area contributed by atoms with E-state index in [-0.39, 0.29) is 17.5 Å². The van der Waals surface area contributed by atoms with Crippen LogP contribution in [-0.4, -0.2) is 4.92 Å². The smallest absolute Gasteiger partial charge is 0.273 e. The van der Waals surface area contributed by atoms with Gasteiger partial charge in [0.15, 0.2) is 5.75 Å².